The molecule has 2 aliphatic heterocycles. The third kappa shape index (κ3) is 10.3. The van der Waals surface area contributed by atoms with Crippen LogP contribution in [0.5, 0.6) is 0 Å². The van der Waals surface area contributed by atoms with Crippen LogP contribution in [0.2, 0.25) is 0 Å². The van der Waals surface area contributed by atoms with E-state index in [1.807, 2.05) is 24.3 Å². The third-order valence-corrected chi connectivity index (χ3v) is 12.3. The number of carbonyl (C=O) groups excluding carboxylic acids is 2. The Hall–Kier alpha value is -4.66. The van der Waals surface area contributed by atoms with Gasteiger partial charge < -0.3 is 4.90 Å². The average Bonchev–Trinajstić information content (AvgIpc) is 3.50. The summed E-state index contributed by atoms with van der Waals surface area (Å²) in [6.45, 7) is 20.1. The van der Waals surface area contributed by atoms with Gasteiger partial charge in [-0.05, 0) is 87.4 Å². The molecule has 5 rings (SSSR count). The normalized spacial score (nSPS) is 16.7. The number of para-hydroxylation sites is 1. The van der Waals surface area contributed by atoms with E-state index in [-0.39, 0.29) is 34.6 Å². The van der Waals surface area contributed by atoms with E-state index in [0.29, 0.717) is 30.5 Å². The van der Waals surface area contributed by atoms with Crippen molar-refractivity contribution in [2.45, 2.75) is 111 Å². The first-order valence-corrected chi connectivity index (χ1v) is 22.1. The fraction of sp³-hybridized carbons (Fsp3) is 0.408. The van der Waals surface area contributed by atoms with Crippen molar-refractivity contribution in [2.75, 3.05) is 23.7 Å². The summed E-state index contributed by atoms with van der Waals surface area (Å²) < 4.78 is 35.4. The molecule has 0 radical (unpaired) electrons. The van der Waals surface area contributed by atoms with Crippen molar-refractivity contribution in [3.63, 3.8) is 0 Å². The second-order valence-electron chi connectivity index (χ2n) is 16.7. The molecular weight excluding hydrogens is 729 g/mol. The number of Topliss-reactive ketones (excluding diaryl/α,β-unsaturated/α-hetero) is 2. The van der Waals surface area contributed by atoms with Crippen LogP contribution in [0.4, 0.5) is 11.4 Å². The molecule has 8 heteroatoms. The lowest BCUT2D eigenvalue weighted by molar-refractivity contribution is -0.438. The van der Waals surface area contributed by atoms with Gasteiger partial charge in [0.25, 0.3) is 10.1 Å². The zero-order valence-electron chi connectivity index (χ0n) is 35.0. The van der Waals surface area contributed by atoms with E-state index in [0.717, 1.165) is 66.7 Å². The maximum atomic E-state index is 13.2. The lowest BCUT2D eigenvalue weighted by atomic mass is 9.81. The Bertz CT molecular complexity index is 2240. The average molecular weight is 790 g/mol. The molecule has 0 bridgehead atoms. The van der Waals surface area contributed by atoms with Gasteiger partial charge in [-0.1, -0.05) is 106 Å². The zero-order valence-corrected chi connectivity index (χ0v) is 35.8. The minimum Gasteiger partial charge on any atom is -0.344 e. The smallest absolute Gasteiger partial charge is 0.264 e. The van der Waals surface area contributed by atoms with Gasteiger partial charge >= 0.3 is 0 Å². The number of carbonyl (C=O) groups is 2. The Morgan fingerprint density at radius 1 is 0.860 bits per heavy atom. The molecule has 0 spiro atoms. The number of hydrogen-bond donors (Lipinski definition) is 1. The summed E-state index contributed by atoms with van der Waals surface area (Å²) in [6.07, 6.45) is 14.4. The van der Waals surface area contributed by atoms with Gasteiger partial charge in [-0.25, -0.2) is 0 Å². The molecule has 2 heterocycles. The predicted octanol–water partition coefficient (Wildman–Crippen LogP) is 11.0. The van der Waals surface area contributed by atoms with Crippen molar-refractivity contribution in [1.82, 2.24) is 0 Å². The van der Waals surface area contributed by atoms with Gasteiger partial charge in [-0.2, -0.15) is 13.0 Å². The largest absolute Gasteiger partial charge is 0.344 e. The van der Waals surface area contributed by atoms with Crippen LogP contribution in [-0.4, -0.2) is 53.7 Å². The Kier molecular flexibility index (Phi) is 13.9. The van der Waals surface area contributed by atoms with E-state index in [1.165, 1.54) is 22.5 Å². The van der Waals surface area contributed by atoms with E-state index in [9.17, 15) is 22.6 Å². The van der Waals surface area contributed by atoms with Crippen LogP contribution in [0.1, 0.15) is 126 Å². The van der Waals surface area contributed by atoms with Crippen LogP contribution in [-0.2, 0) is 25.7 Å². The molecule has 0 saturated carbocycles. The molecule has 0 atom stereocenters. The number of hydrogen-bond acceptors (Lipinski definition) is 5. The van der Waals surface area contributed by atoms with Crippen molar-refractivity contribution >= 4 is 44.3 Å². The number of ketones is 2. The highest BCUT2D eigenvalue weighted by atomic mass is 32.2. The van der Waals surface area contributed by atoms with Crippen molar-refractivity contribution in [1.29, 1.82) is 0 Å². The first-order chi connectivity index (χ1) is 27.0. The molecule has 0 saturated heterocycles. The number of allylic oxidation sites excluding steroid dienone is 7. The quantitative estimate of drug-likeness (QED) is 0.0325. The van der Waals surface area contributed by atoms with Crippen LogP contribution in [0.15, 0.2) is 109 Å². The summed E-state index contributed by atoms with van der Waals surface area (Å²) in [6, 6.07) is 22.9. The Balaban J connectivity index is 1.53. The van der Waals surface area contributed by atoms with Crippen LogP contribution in [0, 0.1) is 6.92 Å². The standard InChI is InChI=1S/C49H60N2O5S/c1-9-10-31-50-42-18-15-14-17-40(42)48(5,6)46(50)29-26-38(37-22-24-39(25-23-37)45(53)20-13-11-12-19-44(52)35(2)3)27-30-47-49(7,8)41-34-36(4)21-28-43(41)51(47)32-16-33-57(54,55)56/h14-15,17-18,21-30,34H,2,9-13,16,19-20,31-33H2,1,3-8H3/p+1. The molecule has 3 aromatic rings. The molecule has 0 unspecified atom stereocenters. The second-order valence-corrected chi connectivity index (χ2v) is 18.3. The van der Waals surface area contributed by atoms with Gasteiger partial charge in [0.1, 0.15) is 6.54 Å². The van der Waals surface area contributed by atoms with E-state index in [4.69, 9.17) is 0 Å². The fourth-order valence-corrected chi connectivity index (χ4v) is 8.67. The molecule has 0 fully saturated rings. The van der Waals surface area contributed by atoms with Gasteiger partial charge in [-0.15, -0.1) is 0 Å². The van der Waals surface area contributed by atoms with Gasteiger partial charge in [0.15, 0.2) is 17.3 Å². The third-order valence-electron chi connectivity index (χ3n) is 11.5. The van der Waals surface area contributed by atoms with Crippen molar-refractivity contribution in [2.24, 2.45) is 0 Å². The Morgan fingerprint density at radius 3 is 2.23 bits per heavy atom. The summed E-state index contributed by atoms with van der Waals surface area (Å²) in [7, 11) is -4.10. The van der Waals surface area contributed by atoms with E-state index >= 15 is 0 Å². The number of nitrogens with zero attached hydrogens (tertiary/aromatic N) is 2. The van der Waals surface area contributed by atoms with Crippen molar-refractivity contribution < 1.29 is 27.1 Å². The lowest BCUT2D eigenvalue weighted by Crippen LogP contribution is -2.28. The highest BCUT2D eigenvalue weighted by molar-refractivity contribution is 7.85. The van der Waals surface area contributed by atoms with Crippen LogP contribution in [0.25, 0.3) is 5.57 Å². The lowest BCUT2D eigenvalue weighted by Gasteiger charge is -2.27. The number of benzene rings is 3. The molecule has 7 nitrogen and oxygen atoms in total. The van der Waals surface area contributed by atoms with Gasteiger partial charge in [0.05, 0.1) is 11.2 Å². The minimum absolute atomic E-state index is 0.0829. The van der Waals surface area contributed by atoms with Crippen molar-refractivity contribution in [3.8, 4) is 0 Å². The molecule has 0 aromatic heterocycles. The molecule has 57 heavy (non-hydrogen) atoms. The number of unbranched alkanes of at least 4 members (excludes halogenated alkanes) is 3. The second kappa shape index (κ2) is 18.3. The molecule has 2 aliphatic rings. The monoisotopic (exact) mass is 789 g/mol. The summed E-state index contributed by atoms with van der Waals surface area (Å²) in [5, 5.41) is 0. The zero-order chi connectivity index (χ0) is 41.5. The van der Waals surface area contributed by atoms with E-state index in [1.54, 1.807) is 6.92 Å². The summed E-state index contributed by atoms with van der Waals surface area (Å²) in [4.78, 5) is 27.3. The number of anilines is 1. The summed E-state index contributed by atoms with van der Waals surface area (Å²) >= 11 is 0. The number of aryl methyl sites for hydroxylation is 1. The molecule has 3 aromatic carbocycles. The summed E-state index contributed by atoms with van der Waals surface area (Å²) in [5.41, 5.74) is 10.8. The van der Waals surface area contributed by atoms with Crippen LogP contribution >= 0.6 is 0 Å². The SMILES string of the molecule is C=C(C)C(=O)CCCCCC(=O)c1ccc(C(=C\C=C2/N(CCCS(=O)(=O)O)c3ccc(C)cc3C2(C)C)/C=C/C2=[N+](CCCC)c3ccccc3C2(C)C)cc1. The van der Waals surface area contributed by atoms with Gasteiger partial charge in [-0.3, -0.25) is 14.1 Å². The summed E-state index contributed by atoms with van der Waals surface area (Å²) in [5.74, 6) is -0.141. The van der Waals surface area contributed by atoms with Gasteiger partial charge in [0, 0.05) is 65.9 Å². The molecule has 0 amide bonds. The van der Waals surface area contributed by atoms with Gasteiger partial charge in [0.2, 0.25) is 5.69 Å². The first-order valence-electron chi connectivity index (χ1n) is 20.5. The Morgan fingerprint density at radius 2 is 1.54 bits per heavy atom. The van der Waals surface area contributed by atoms with Crippen LogP contribution in [0.3, 0.4) is 0 Å². The van der Waals surface area contributed by atoms with Crippen molar-refractivity contribution in [3.05, 3.63) is 137 Å². The fourth-order valence-electron chi connectivity index (χ4n) is 8.17. The molecular formula is C49H61N2O5S+. The molecule has 302 valence electrons. The predicted molar refractivity (Wildman–Crippen MR) is 236 cm³/mol. The number of fused-ring (bicyclic) bond motifs is 2. The minimum atomic E-state index is -4.10. The highest BCUT2D eigenvalue weighted by Gasteiger charge is 2.44. The van der Waals surface area contributed by atoms with E-state index in [2.05, 4.69) is 124 Å². The first kappa shape index (κ1) is 43.5. The highest BCUT2D eigenvalue weighted by Crippen LogP contribution is 2.48. The maximum Gasteiger partial charge on any atom is 0.264 e. The maximum absolute atomic E-state index is 13.2. The van der Waals surface area contributed by atoms with E-state index < -0.39 is 10.1 Å². The topological polar surface area (TPSA) is 94.8 Å². The number of rotatable bonds is 19. The van der Waals surface area contributed by atoms with Crippen LogP contribution < -0.4 is 4.90 Å². The molecule has 1 N–H and O–H groups in total. The Labute approximate surface area is 341 Å². The molecule has 0 aliphatic carbocycles.